The van der Waals surface area contributed by atoms with E-state index < -0.39 is 0 Å². The number of carbonyl (C=O) groups excluding carboxylic acids is 1. The highest BCUT2D eigenvalue weighted by molar-refractivity contribution is 5.86. The fourth-order valence-corrected chi connectivity index (χ4v) is 4.33. The van der Waals surface area contributed by atoms with Crippen molar-refractivity contribution in [3.05, 3.63) is 71.5 Å². The van der Waals surface area contributed by atoms with Gasteiger partial charge in [-0.15, -0.1) is 0 Å². The molecule has 4 heteroatoms. The molecule has 1 amide bonds. The van der Waals surface area contributed by atoms with Crippen LogP contribution in [0, 0.1) is 6.92 Å². The summed E-state index contributed by atoms with van der Waals surface area (Å²) in [6.07, 6.45) is 3.54. The van der Waals surface area contributed by atoms with E-state index in [1.165, 1.54) is 38.6 Å². The number of nitrogens with one attached hydrogen (secondary N) is 1. The van der Waals surface area contributed by atoms with Gasteiger partial charge in [0, 0.05) is 71.7 Å². The quantitative estimate of drug-likeness (QED) is 0.580. The first-order valence-electron chi connectivity index (χ1n) is 9.61. The third kappa shape index (κ3) is 2.72. The lowest BCUT2D eigenvalue weighted by Gasteiger charge is -2.27. The lowest BCUT2D eigenvalue weighted by atomic mass is 10.0. The number of aromatic nitrogens is 2. The molecule has 3 heterocycles. The highest BCUT2D eigenvalue weighted by atomic mass is 16.2. The zero-order valence-electron chi connectivity index (χ0n) is 15.5. The number of para-hydroxylation sites is 1. The molecule has 4 nitrogen and oxygen atoms in total. The summed E-state index contributed by atoms with van der Waals surface area (Å²) in [6.45, 7) is 4.36. The average molecular weight is 357 g/mol. The van der Waals surface area contributed by atoms with Crippen LogP contribution in [0.15, 0.2) is 54.7 Å². The van der Waals surface area contributed by atoms with Crippen LogP contribution < -0.4 is 0 Å². The molecule has 2 aromatic heterocycles. The van der Waals surface area contributed by atoms with Gasteiger partial charge in [0.05, 0.1) is 0 Å². The Bertz CT molecular complexity index is 1150. The molecule has 0 bridgehead atoms. The van der Waals surface area contributed by atoms with Gasteiger partial charge in [0.2, 0.25) is 5.91 Å². The molecule has 0 atom stereocenters. The minimum atomic E-state index is 0.237. The number of aryl methyl sites for hydroxylation is 2. The first-order valence-corrected chi connectivity index (χ1v) is 9.61. The largest absolute Gasteiger partial charge is 0.358 e. The van der Waals surface area contributed by atoms with Gasteiger partial charge >= 0.3 is 0 Å². The number of nitrogens with zero attached hydrogens (tertiary/aromatic N) is 2. The minimum Gasteiger partial charge on any atom is -0.358 e. The predicted molar refractivity (Wildman–Crippen MR) is 109 cm³/mol. The second-order valence-corrected chi connectivity index (χ2v) is 7.46. The van der Waals surface area contributed by atoms with Crippen molar-refractivity contribution in [3.63, 3.8) is 0 Å². The van der Waals surface area contributed by atoms with Crippen LogP contribution in [-0.2, 0) is 24.3 Å². The van der Waals surface area contributed by atoms with Gasteiger partial charge in [-0.3, -0.25) is 4.79 Å². The number of hydrogen-bond donors (Lipinski definition) is 1. The predicted octanol–water partition coefficient (Wildman–Crippen LogP) is 4.41. The number of benzene rings is 2. The van der Waals surface area contributed by atoms with Crippen molar-refractivity contribution in [2.75, 3.05) is 6.54 Å². The monoisotopic (exact) mass is 357 g/mol. The summed E-state index contributed by atoms with van der Waals surface area (Å²) >= 11 is 0. The van der Waals surface area contributed by atoms with Gasteiger partial charge in [0.15, 0.2) is 0 Å². The summed E-state index contributed by atoms with van der Waals surface area (Å²) in [5, 5.41) is 2.52. The molecule has 27 heavy (non-hydrogen) atoms. The zero-order chi connectivity index (χ0) is 18.4. The molecule has 0 saturated carbocycles. The molecule has 0 spiro atoms. The van der Waals surface area contributed by atoms with Crippen molar-refractivity contribution < 1.29 is 4.79 Å². The topological polar surface area (TPSA) is 41.0 Å². The molecule has 5 rings (SSSR count). The van der Waals surface area contributed by atoms with Crippen molar-refractivity contribution in [1.82, 2.24) is 14.5 Å². The van der Waals surface area contributed by atoms with Crippen molar-refractivity contribution in [1.29, 1.82) is 0 Å². The molecule has 0 radical (unpaired) electrons. The maximum Gasteiger partial charge on any atom is 0.224 e. The van der Waals surface area contributed by atoms with Crippen LogP contribution in [0.1, 0.15) is 23.2 Å². The lowest BCUT2D eigenvalue weighted by molar-refractivity contribution is -0.132. The maximum atomic E-state index is 12.9. The summed E-state index contributed by atoms with van der Waals surface area (Å²) in [6, 6.07) is 16.9. The van der Waals surface area contributed by atoms with Crippen molar-refractivity contribution in [2.45, 2.75) is 32.9 Å². The Kier molecular flexibility index (Phi) is 3.78. The van der Waals surface area contributed by atoms with Crippen molar-refractivity contribution in [2.24, 2.45) is 0 Å². The van der Waals surface area contributed by atoms with E-state index in [9.17, 15) is 4.79 Å². The van der Waals surface area contributed by atoms with E-state index in [0.29, 0.717) is 13.0 Å². The van der Waals surface area contributed by atoms with Gasteiger partial charge in [-0.2, -0.15) is 0 Å². The van der Waals surface area contributed by atoms with Gasteiger partial charge in [0.1, 0.15) is 0 Å². The van der Waals surface area contributed by atoms with Crippen LogP contribution in [0.3, 0.4) is 0 Å². The Hall–Kier alpha value is -3.01. The first-order chi connectivity index (χ1) is 13.2. The Labute approximate surface area is 158 Å². The Morgan fingerprint density at radius 3 is 2.89 bits per heavy atom. The number of carbonyl (C=O) groups is 1. The average Bonchev–Trinajstić information content (AvgIpc) is 3.27. The fourth-order valence-electron chi connectivity index (χ4n) is 4.33. The maximum absolute atomic E-state index is 12.9. The fraction of sp³-hybridized carbons (Fsp3) is 0.261. The van der Waals surface area contributed by atoms with Crippen LogP contribution in [0.2, 0.25) is 0 Å². The Morgan fingerprint density at radius 2 is 1.96 bits per heavy atom. The highest BCUT2D eigenvalue weighted by Gasteiger charge is 2.23. The third-order valence-electron chi connectivity index (χ3n) is 5.83. The number of H-pyrrole nitrogens is 1. The molecular formula is C23H23N3O. The zero-order valence-corrected chi connectivity index (χ0v) is 15.5. The molecule has 136 valence electrons. The molecule has 0 unspecified atom stereocenters. The number of fused-ring (bicyclic) bond motifs is 4. The van der Waals surface area contributed by atoms with E-state index in [2.05, 4.69) is 71.2 Å². The number of rotatable bonds is 3. The van der Waals surface area contributed by atoms with E-state index in [-0.39, 0.29) is 5.91 Å². The van der Waals surface area contributed by atoms with Crippen LogP contribution >= 0.6 is 0 Å². The standard InChI is InChI=1S/C23H23N3O/c1-16-5-4-8-22-17(16)9-12-25(22)14-11-23(27)26-13-10-21-19(15-26)18-6-2-3-7-20(18)24-21/h2-9,12,24H,10-11,13-15H2,1H3. The number of aromatic amines is 1. The molecule has 0 saturated heterocycles. The molecule has 1 aliphatic rings. The summed E-state index contributed by atoms with van der Waals surface area (Å²) in [5.74, 6) is 0.237. The molecule has 1 aliphatic heterocycles. The van der Waals surface area contributed by atoms with E-state index >= 15 is 0 Å². The normalized spacial score (nSPS) is 14.0. The molecule has 1 N–H and O–H groups in total. The molecule has 0 aliphatic carbocycles. The second kappa shape index (κ2) is 6.31. The second-order valence-electron chi connectivity index (χ2n) is 7.46. The van der Waals surface area contributed by atoms with Crippen molar-refractivity contribution >= 4 is 27.7 Å². The number of amides is 1. The van der Waals surface area contributed by atoms with Crippen molar-refractivity contribution in [3.8, 4) is 0 Å². The minimum absolute atomic E-state index is 0.237. The molecule has 2 aromatic carbocycles. The highest BCUT2D eigenvalue weighted by Crippen LogP contribution is 2.28. The lowest BCUT2D eigenvalue weighted by Crippen LogP contribution is -2.36. The Morgan fingerprint density at radius 1 is 1.07 bits per heavy atom. The van der Waals surface area contributed by atoms with Crippen LogP contribution in [0.5, 0.6) is 0 Å². The van der Waals surface area contributed by atoms with Gasteiger partial charge in [-0.25, -0.2) is 0 Å². The first kappa shape index (κ1) is 16.2. The van der Waals surface area contributed by atoms with E-state index in [1.807, 2.05) is 4.90 Å². The summed E-state index contributed by atoms with van der Waals surface area (Å²) in [7, 11) is 0. The van der Waals surface area contributed by atoms with Crippen LogP contribution in [0.25, 0.3) is 21.8 Å². The van der Waals surface area contributed by atoms with Crippen LogP contribution in [0.4, 0.5) is 0 Å². The molecular weight excluding hydrogens is 334 g/mol. The summed E-state index contributed by atoms with van der Waals surface area (Å²) in [5.41, 5.74) is 6.23. The number of hydrogen-bond acceptors (Lipinski definition) is 1. The Balaban J connectivity index is 1.32. The smallest absolute Gasteiger partial charge is 0.224 e. The third-order valence-corrected chi connectivity index (χ3v) is 5.83. The van der Waals surface area contributed by atoms with Gasteiger partial charge in [0.25, 0.3) is 0 Å². The summed E-state index contributed by atoms with van der Waals surface area (Å²) < 4.78 is 2.20. The molecule has 0 fully saturated rings. The van der Waals surface area contributed by atoms with Gasteiger partial charge < -0.3 is 14.5 Å². The van der Waals surface area contributed by atoms with Crippen LogP contribution in [-0.4, -0.2) is 26.9 Å². The van der Waals surface area contributed by atoms with Gasteiger partial charge in [-0.1, -0.05) is 30.3 Å². The van der Waals surface area contributed by atoms with E-state index in [4.69, 9.17) is 0 Å². The van der Waals surface area contributed by atoms with Gasteiger partial charge in [-0.05, 0) is 30.7 Å². The molecule has 4 aromatic rings. The van der Waals surface area contributed by atoms with E-state index in [0.717, 1.165) is 19.5 Å². The SMILES string of the molecule is Cc1cccc2c1ccn2CCC(=O)N1CCc2[nH]c3ccccc3c2C1. The summed E-state index contributed by atoms with van der Waals surface area (Å²) in [4.78, 5) is 18.4. The van der Waals surface area contributed by atoms with E-state index in [1.54, 1.807) is 0 Å².